The number of hydrogen-bond acceptors (Lipinski definition) is 7. The Bertz CT molecular complexity index is 1100. The Labute approximate surface area is 152 Å². The minimum atomic E-state index is -3.98. The van der Waals surface area contributed by atoms with Crippen molar-refractivity contribution in [2.75, 3.05) is 0 Å². The van der Waals surface area contributed by atoms with Crippen LogP contribution in [0, 0.1) is 17.0 Å². The summed E-state index contributed by atoms with van der Waals surface area (Å²) in [6.45, 7) is 1.76. The van der Waals surface area contributed by atoms with Crippen LogP contribution in [0.2, 0.25) is 0 Å². The molecular weight excluding hydrogens is 380 g/mol. The first-order valence-electron chi connectivity index (χ1n) is 7.20. The van der Waals surface area contributed by atoms with Gasteiger partial charge in [-0.15, -0.1) is 11.3 Å². The number of rotatable bonds is 5. The summed E-state index contributed by atoms with van der Waals surface area (Å²) < 4.78 is 27.6. The van der Waals surface area contributed by atoms with Gasteiger partial charge in [0, 0.05) is 23.2 Å². The maximum atomic E-state index is 12.2. The molecule has 0 saturated carbocycles. The van der Waals surface area contributed by atoms with Gasteiger partial charge in [0.25, 0.3) is 21.6 Å². The van der Waals surface area contributed by atoms with Crippen LogP contribution in [-0.4, -0.2) is 29.0 Å². The Morgan fingerprint density at radius 2 is 2.04 bits per heavy atom. The largest absolute Gasteiger partial charge is 0.285 e. The zero-order valence-electron chi connectivity index (χ0n) is 13.3. The van der Waals surface area contributed by atoms with Gasteiger partial charge in [-0.2, -0.15) is 5.10 Å². The van der Waals surface area contributed by atoms with Gasteiger partial charge in [-0.05, 0) is 31.2 Å². The van der Waals surface area contributed by atoms with Crippen molar-refractivity contribution in [1.29, 1.82) is 0 Å². The fourth-order valence-corrected chi connectivity index (χ4v) is 4.36. The predicted molar refractivity (Wildman–Crippen MR) is 93.9 cm³/mol. The highest BCUT2D eigenvalue weighted by molar-refractivity contribution is 7.92. The van der Waals surface area contributed by atoms with E-state index >= 15 is 0 Å². The molecule has 1 aromatic carbocycles. The van der Waals surface area contributed by atoms with Crippen molar-refractivity contribution in [3.8, 4) is 5.69 Å². The summed E-state index contributed by atoms with van der Waals surface area (Å²) in [5.74, 6) is -0.889. The van der Waals surface area contributed by atoms with E-state index in [9.17, 15) is 23.3 Å². The Morgan fingerprint density at radius 3 is 2.69 bits per heavy atom. The summed E-state index contributed by atoms with van der Waals surface area (Å²) in [6.07, 6.45) is 1.41. The van der Waals surface area contributed by atoms with Crippen molar-refractivity contribution >= 4 is 33.0 Å². The summed E-state index contributed by atoms with van der Waals surface area (Å²) in [7, 11) is -3.98. The molecule has 0 atom stereocenters. The molecule has 0 aliphatic carbocycles. The van der Waals surface area contributed by atoms with E-state index in [2.05, 4.69) is 5.10 Å². The molecule has 0 aliphatic heterocycles. The summed E-state index contributed by atoms with van der Waals surface area (Å²) in [4.78, 5) is 23.3. The summed E-state index contributed by atoms with van der Waals surface area (Å²) in [6, 6.07) is 10.1. The second-order valence-electron chi connectivity index (χ2n) is 5.22. The van der Waals surface area contributed by atoms with Gasteiger partial charge in [0.2, 0.25) is 0 Å². The molecule has 0 unspecified atom stereocenters. The average molecular weight is 392 g/mol. The smallest absolute Gasteiger partial charge is 0.266 e. The van der Waals surface area contributed by atoms with Crippen molar-refractivity contribution in [2.45, 2.75) is 11.1 Å². The number of non-ortho nitro benzene ring substituents is 1. The van der Waals surface area contributed by atoms with Gasteiger partial charge in [-0.25, -0.2) is 17.8 Å². The van der Waals surface area contributed by atoms with Crippen LogP contribution in [0.25, 0.3) is 5.69 Å². The molecule has 0 radical (unpaired) electrons. The van der Waals surface area contributed by atoms with Gasteiger partial charge >= 0.3 is 0 Å². The van der Waals surface area contributed by atoms with Crippen LogP contribution in [0.3, 0.4) is 0 Å². The number of hydrogen-bond donors (Lipinski definition) is 1. The highest BCUT2D eigenvalue weighted by atomic mass is 32.2. The van der Waals surface area contributed by atoms with Crippen molar-refractivity contribution in [1.82, 2.24) is 14.5 Å². The molecule has 0 aliphatic rings. The lowest BCUT2D eigenvalue weighted by Gasteiger charge is -2.03. The number of thiophene rings is 1. The monoisotopic (exact) mass is 392 g/mol. The number of sulfonamides is 1. The summed E-state index contributed by atoms with van der Waals surface area (Å²) in [5.41, 5.74) is 0.114. The van der Waals surface area contributed by atoms with Gasteiger partial charge in [-0.1, -0.05) is 6.07 Å². The van der Waals surface area contributed by atoms with Gasteiger partial charge < -0.3 is 0 Å². The third kappa shape index (κ3) is 3.63. The number of carbonyl (C=O) groups excluding carboxylic acids is 1. The summed E-state index contributed by atoms with van der Waals surface area (Å²) in [5, 5.41) is 14.8. The second-order valence-corrected chi connectivity index (χ2v) is 8.42. The maximum Gasteiger partial charge on any atom is 0.285 e. The van der Waals surface area contributed by atoms with E-state index in [-0.39, 0.29) is 15.6 Å². The third-order valence-electron chi connectivity index (χ3n) is 3.33. The normalized spacial score (nSPS) is 11.3. The highest BCUT2D eigenvalue weighted by Gasteiger charge is 2.22. The van der Waals surface area contributed by atoms with E-state index in [0.29, 0.717) is 5.69 Å². The van der Waals surface area contributed by atoms with Crippen LogP contribution in [0.4, 0.5) is 5.69 Å². The molecule has 134 valence electrons. The molecule has 1 amide bonds. The van der Waals surface area contributed by atoms with E-state index in [1.165, 1.54) is 41.2 Å². The number of aromatic nitrogens is 2. The van der Waals surface area contributed by atoms with Crippen LogP contribution < -0.4 is 4.72 Å². The van der Waals surface area contributed by atoms with E-state index < -0.39 is 20.9 Å². The fraction of sp³-hybridized carbons (Fsp3) is 0.0667. The lowest BCUT2D eigenvalue weighted by atomic mass is 10.3. The average Bonchev–Trinajstić information content (AvgIpc) is 3.24. The Morgan fingerprint density at radius 1 is 1.27 bits per heavy atom. The van der Waals surface area contributed by atoms with Gasteiger partial charge in [-0.3, -0.25) is 14.9 Å². The second kappa shape index (κ2) is 6.69. The standard InChI is InChI=1S/C15H12N4O5S2/c1-10-5-6-14(25-10)26(23,24)17-15(20)13-7-8-18(16-13)11-3-2-4-12(9-11)19(21)22/h2-9H,1H3,(H,17,20). The highest BCUT2D eigenvalue weighted by Crippen LogP contribution is 2.21. The van der Waals surface area contributed by atoms with E-state index in [1.807, 2.05) is 4.72 Å². The number of benzene rings is 1. The molecule has 3 rings (SSSR count). The molecule has 0 saturated heterocycles. The Kier molecular flexibility index (Phi) is 4.57. The van der Waals surface area contributed by atoms with Gasteiger partial charge in [0.15, 0.2) is 5.69 Å². The summed E-state index contributed by atoms with van der Waals surface area (Å²) >= 11 is 1.05. The molecule has 2 aromatic heterocycles. The molecule has 2 heterocycles. The zero-order valence-corrected chi connectivity index (χ0v) is 15.0. The first-order chi connectivity index (χ1) is 12.3. The van der Waals surface area contributed by atoms with Crippen LogP contribution in [-0.2, 0) is 10.0 Å². The van der Waals surface area contributed by atoms with Crippen molar-refractivity contribution in [2.24, 2.45) is 0 Å². The maximum absolute atomic E-state index is 12.2. The molecule has 26 heavy (non-hydrogen) atoms. The van der Waals surface area contributed by atoms with Crippen molar-refractivity contribution < 1.29 is 18.1 Å². The number of aryl methyl sites for hydroxylation is 1. The van der Waals surface area contributed by atoms with Crippen LogP contribution in [0.5, 0.6) is 0 Å². The number of carbonyl (C=O) groups is 1. The number of nitrogens with zero attached hydrogens (tertiary/aromatic N) is 3. The zero-order chi connectivity index (χ0) is 18.9. The quantitative estimate of drug-likeness (QED) is 0.525. The molecular formula is C15H12N4O5S2. The minimum Gasteiger partial charge on any atom is -0.266 e. The lowest BCUT2D eigenvalue weighted by Crippen LogP contribution is -2.30. The van der Waals surface area contributed by atoms with Crippen LogP contribution in [0.1, 0.15) is 15.4 Å². The Balaban J connectivity index is 1.82. The van der Waals surface area contributed by atoms with Gasteiger partial charge in [0.05, 0.1) is 10.6 Å². The number of nitro benzene ring substituents is 1. The van der Waals surface area contributed by atoms with Crippen LogP contribution in [0.15, 0.2) is 52.9 Å². The van der Waals surface area contributed by atoms with E-state index in [4.69, 9.17) is 0 Å². The molecule has 3 aromatic rings. The van der Waals surface area contributed by atoms with E-state index in [0.717, 1.165) is 16.2 Å². The van der Waals surface area contributed by atoms with Gasteiger partial charge in [0.1, 0.15) is 4.21 Å². The van der Waals surface area contributed by atoms with E-state index in [1.54, 1.807) is 19.1 Å². The number of amides is 1. The molecule has 9 nitrogen and oxygen atoms in total. The van der Waals surface area contributed by atoms with Crippen molar-refractivity contribution in [3.63, 3.8) is 0 Å². The first-order valence-corrected chi connectivity index (χ1v) is 9.50. The molecule has 0 spiro atoms. The van der Waals surface area contributed by atoms with Crippen LogP contribution >= 0.6 is 11.3 Å². The Hall–Kier alpha value is -3.05. The fourth-order valence-electron chi connectivity index (χ4n) is 2.12. The molecule has 0 fully saturated rings. The number of nitrogens with one attached hydrogen (secondary N) is 1. The SMILES string of the molecule is Cc1ccc(S(=O)(=O)NC(=O)c2ccn(-c3cccc([N+](=O)[O-])c3)n2)s1. The topological polar surface area (TPSA) is 124 Å². The minimum absolute atomic E-state index is 0.0291. The van der Waals surface area contributed by atoms with Crippen molar-refractivity contribution in [3.05, 3.63) is 69.3 Å². The lowest BCUT2D eigenvalue weighted by molar-refractivity contribution is -0.384. The molecule has 1 N–H and O–H groups in total. The number of nitro groups is 1. The third-order valence-corrected chi connectivity index (χ3v) is 6.16. The molecule has 0 bridgehead atoms. The predicted octanol–water partition coefficient (Wildman–Crippen LogP) is 2.27. The first kappa shape index (κ1) is 17.8. The molecule has 11 heteroatoms.